The van der Waals surface area contributed by atoms with Gasteiger partial charge in [0.2, 0.25) is 0 Å². The van der Waals surface area contributed by atoms with Crippen molar-refractivity contribution in [1.82, 2.24) is 0 Å². The van der Waals surface area contributed by atoms with Gasteiger partial charge in [-0.15, -0.1) is 0 Å². The predicted molar refractivity (Wildman–Crippen MR) is 45.8 cm³/mol. The van der Waals surface area contributed by atoms with Crippen molar-refractivity contribution in [2.24, 2.45) is 5.41 Å². The first kappa shape index (κ1) is 12.8. The van der Waals surface area contributed by atoms with Gasteiger partial charge in [-0.25, -0.2) is 0 Å². The van der Waals surface area contributed by atoms with E-state index in [9.17, 15) is 0 Å². The Labute approximate surface area is 77.3 Å². The maximum Gasteiger partial charge on any atom is 0.151 e. The van der Waals surface area contributed by atoms with Crippen molar-refractivity contribution >= 4 is 0 Å². The molecule has 0 saturated heterocycles. The van der Waals surface area contributed by atoms with E-state index in [0.717, 1.165) is 0 Å². The second-order valence-electron chi connectivity index (χ2n) is 3.35. The molecule has 0 aliphatic rings. The molecule has 0 atom stereocenters. The largest absolute Gasteiger partial charge is 0.396 e. The summed E-state index contributed by atoms with van der Waals surface area (Å²) in [4.78, 5) is 0. The lowest BCUT2D eigenvalue weighted by atomic mass is 9.85. The van der Waals surface area contributed by atoms with Gasteiger partial charge in [-0.3, -0.25) is 0 Å². The summed E-state index contributed by atoms with van der Waals surface area (Å²) in [6.07, 6.45) is -0.372. The summed E-state index contributed by atoms with van der Waals surface area (Å²) in [5, 5.41) is 43.8. The molecule has 80 valence electrons. The van der Waals surface area contributed by atoms with E-state index in [2.05, 4.69) is 0 Å². The summed E-state index contributed by atoms with van der Waals surface area (Å²) < 4.78 is 0. The van der Waals surface area contributed by atoms with Crippen molar-refractivity contribution in [1.29, 1.82) is 0 Å². The number of aliphatic hydroxyl groups excluding tert-OH is 4. The van der Waals surface area contributed by atoms with Gasteiger partial charge in [0, 0.05) is 5.41 Å². The molecule has 13 heavy (non-hydrogen) atoms. The van der Waals surface area contributed by atoms with Crippen molar-refractivity contribution in [3.05, 3.63) is 0 Å². The highest BCUT2D eigenvalue weighted by molar-refractivity contribution is 4.76. The molecule has 0 fully saturated rings. The van der Waals surface area contributed by atoms with Crippen LogP contribution in [0.15, 0.2) is 0 Å². The Hall–Kier alpha value is -0.200. The SMILES string of the molecule is OCC(CO)(CO)CCCC(O)O. The van der Waals surface area contributed by atoms with E-state index in [0.29, 0.717) is 12.8 Å². The van der Waals surface area contributed by atoms with Gasteiger partial charge in [-0.05, 0) is 19.3 Å². The first-order chi connectivity index (χ1) is 6.10. The molecule has 5 heteroatoms. The van der Waals surface area contributed by atoms with Crippen LogP contribution in [0.2, 0.25) is 0 Å². The minimum Gasteiger partial charge on any atom is -0.396 e. The molecular weight excluding hydrogens is 176 g/mol. The second kappa shape index (κ2) is 6.28. The molecule has 0 aromatic carbocycles. The summed E-state index contributed by atoms with van der Waals surface area (Å²) in [6.45, 7) is -0.912. The minimum atomic E-state index is -1.37. The first-order valence-corrected chi connectivity index (χ1v) is 4.29. The van der Waals surface area contributed by atoms with E-state index in [1.54, 1.807) is 0 Å². The fourth-order valence-electron chi connectivity index (χ4n) is 1.05. The van der Waals surface area contributed by atoms with Crippen LogP contribution in [-0.4, -0.2) is 51.6 Å². The lowest BCUT2D eigenvalue weighted by Gasteiger charge is -2.27. The van der Waals surface area contributed by atoms with Crippen molar-refractivity contribution < 1.29 is 25.5 Å². The zero-order valence-electron chi connectivity index (χ0n) is 7.56. The van der Waals surface area contributed by atoms with Crippen LogP contribution in [-0.2, 0) is 0 Å². The minimum absolute atomic E-state index is 0.182. The number of rotatable bonds is 7. The van der Waals surface area contributed by atoms with E-state index in [4.69, 9.17) is 25.5 Å². The van der Waals surface area contributed by atoms with E-state index in [-0.39, 0.29) is 26.2 Å². The third-order valence-corrected chi connectivity index (χ3v) is 2.18. The summed E-state index contributed by atoms with van der Waals surface area (Å²) in [5.74, 6) is 0. The number of aliphatic hydroxyl groups is 5. The van der Waals surface area contributed by atoms with Crippen molar-refractivity contribution in [2.45, 2.75) is 25.6 Å². The van der Waals surface area contributed by atoms with Gasteiger partial charge in [0.1, 0.15) is 0 Å². The highest BCUT2D eigenvalue weighted by atomic mass is 16.5. The van der Waals surface area contributed by atoms with Gasteiger partial charge in [0.25, 0.3) is 0 Å². The van der Waals surface area contributed by atoms with Crippen LogP contribution in [0.4, 0.5) is 0 Å². The van der Waals surface area contributed by atoms with E-state index in [1.807, 2.05) is 0 Å². The third kappa shape index (κ3) is 4.54. The van der Waals surface area contributed by atoms with Crippen LogP contribution in [0.5, 0.6) is 0 Å². The van der Waals surface area contributed by atoms with Crippen molar-refractivity contribution in [3.8, 4) is 0 Å². The van der Waals surface area contributed by atoms with E-state index >= 15 is 0 Å². The molecule has 0 amide bonds. The molecular formula is C8H18O5. The molecule has 0 aromatic heterocycles. The third-order valence-electron chi connectivity index (χ3n) is 2.18. The fraction of sp³-hybridized carbons (Fsp3) is 1.00. The average molecular weight is 194 g/mol. The van der Waals surface area contributed by atoms with Crippen LogP contribution in [0, 0.1) is 5.41 Å². The predicted octanol–water partition coefficient (Wildman–Crippen LogP) is -1.57. The monoisotopic (exact) mass is 194 g/mol. The first-order valence-electron chi connectivity index (χ1n) is 4.29. The van der Waals surface area contributed by atoms with Gasteiger partial charge >= 0.3 is 0 Å². The maximum absolute atomic E-state index is 8.90. The van der Waals surface area contributed by atoms with Gasteiger partial charge < -0.3 is 25.5 Å². The molecule has 0 saturated carbocycles. The van der Waals surface area contributed by atoms with Crippen LogP contribution >= 0.6 is 0 Å². The standard InChI is InChI=1S/C8H18O5/c9-4-8(5-10,6-11)3-1-2-7(12)13/h7,9-13H,1-6H2. The number of hydrogen-bond donors (Lipinski definition) is 5. The van der Waals surface area contributed by atoms with Crippen LogP contribution in [0.1, 0.15) is 19.3 Å². The van der Waals surface area contributed by atoms with Crippen LogP contribution in [0.25, 0.3) is 0 Å². The van der Waals surface area contributed by atoms with Gasteiger partial charge in [0.15, 0.2) is 6.29 Å². The average Bonchev–Trinajstić information content (AvgIpc) is 2.13. The molecule has 0 unspecified atom stereocenters. The lowest BCUT2D eigenvalue weighted by Crippen LogP contribution is -2.34. The zero-order valence-corrected chi connectivity index (χ0v) is 7.56. The van der Waals surface area contributed by atoms with E-state index in [1.165, 1.54) is 0 Å². The highest BCUT2D eigenvalue weighted by Gasteiger charge is 2.27. The molecule has 0 aliphatic heterocycles. The van der Waals surface area contributed by atoms with Gasteiger partial charge in [0.05, 0.1) is 19.8 Å². The van der Waals surface area contributed by atoms with Gasteiger partial charge in [-0.2, -0.15) is 0 Å². The molecule has 5 N–H and O–H groups in total. The normalized spacial score (nSPS) is 12.5. The summed E-state index contributed by atoms with van der Waals surface area (Å²) in [5.41, 5.74) is -0.894. The lowest BCUT2D eigenvalue weighted by molar-refractivity contribution is -0.0544. The van der Waals surface area contributed by atoms with Crippen LogP contribution < -0.4 is 0 Å². The Kier molecular flexibility index (Phi) is 6.19. The Balaban J connectivity index is 3.81. The summed E-state index contributed by atoms with van der Waals surface area (Å²) in [7, 11) is 0. The zero-order chi connectivity index (χ0) is 10.3. The molecule has 0 radical (unpaired) electrons. The summed E-state index contributed by atoms with van der Waals surface area (Å²) in [6, 6.07) is 0. The molecule has 0 spiro atoms. The van der Waals surface area contributed by atoms with Crippen LogP contribution in [0.3, 0.4) is 0 Å². The Morgan fingerprint density at radius 2 is 1.38 bits per heavy atom. The Bertz CT molecular complexity index is 113. The number of hydrogen-bond acceptors (Lipinski definition) is 5. The Morgan fingerprint density at radius 3 is 1.69 bits per heavy atom. The van der Waals surface area contributed by atoms with E-state index < -0.39 is 11.7 Å². The maximum atomic E-state index is 8.90. The highest BCUT2D eigenvalue weighted by Crippen LogP contribution is 2.23. The smallest absolute Gasteiger partial charge is 0.151 e. The molecule has 5 nitrogen and oxygen atoms in total. The quantitative estimate of drug-likeness (QED) is 0.315. The molecule has 0 heterocycles. The van der Waals surface area contributed by atoms with Gasteiger partial charge in [-0.1, -0.05) is 0 Å². The molecule has 0 aromatic rings. The Morgan fingerprint density at radius 1 is 0.923 bits per heavy atom. The van der Waals surface area contributed by atoms with Crippen molar-refractivity contribution in [3.63, 3.8) is 0 Å². The fourth-order valence-corrected chi connectivity index (χ4v) is 1.05. The topological polar surface area (TPSA) is 101 Å². The summed E-state index contributed by atoms with van der Waals surface area (Å²) >= 11 is 0. The molecule has 0 aliphatic carbocycles. The van der Waals surface area contributed by atoms with Crippen molar-refractivity contribution in [2.75, 3.05) is 19.8 Å². The molecule has 0 rings (SSSR count). The molecule has 0 bridgehead atoms. The second-order valence-corrected chi connectivity index (χ2v) is 3.35.